The Morgan fingerprint density at radius 3 is 1.56 bits per heavy atom. The van der Waals surface area contributed by atoms with Gasteiger partial charge in [0.05, 0.1) is 39.5 Å². The molecule has 0 unspecified atom stereocenters. The minimum absolute atomic E-state index is 0.219. The summed E-state index contributed by atoms with van der Waals surface area (Å²) in [5.41, 5.74) is 29.3. The number of hydrogen-bond acceptors (Lipinski definition) is 14. The Labute approximate surface area is 437 Å². The number of pyridine rings is 1. The van der Waals surface area contributed by atoms with Crippen molar-refractivity contribution < 1.29 is 43.0 Å². The zero-order valence-corrected chi connectivity index (χ0v) is 43.7. The maximum Gasteiger partial charge on any atom is 0.407 e. The maximum atomic E-state index is 14.3. The van der Waals surface area contributed by atoms with Crippen molar-refractivity contribution in [1.82, 2.24) is 25.4 Å². The van der Waals surface area contributed by atoms with Crippen molar-refractivity contribution in [2.45, 2.75) is 101 Å². The molecule has 75 heavy (non-hydrogen) atoms. The van der Waals surface area contributed by atoms with Gasteiger partial charge in [0.1, 0.15) is 29.0 Å². The highest BCUT2D eigenvalue weighted by Gasteiger charge is 2.54. The summed E-state index contributed by atoms with van der Waals surface area (Å²) >= 11 is 0. The number of rotatable bonds is 15. The van der Waals surface area contributed by atoms with Crippen LogP contribution >= 0.6 is 0 Å². The first-order valence-electron chi connectivity index (χ1n) is 25.8. The third-order valence-corrected chi connectivity index (χ3v) is 15.7. The fraction of sp³-hybridized carbons (Fsp3) is 0.473. The second kappa shape index (κ2) is 22.1. The summed E-state index contributed by atoms with van der Waals surface area (Å²) in [6.45, 7) is 10.4. The van der Waals surface area contributed by atoms with Gasteiger partial charge in [-0.3, -0.25) is 19.2 Å². The van der Waals surface area contributed by atoms with Gasteiger partial charge >= 0.3 is 12.2 Å². The van der Waals surface area contributed by atoms with E-state index >= 15 is 0 Å². The predicted octanol–water partition coefficient (Wildman–Crippen LogP) is 5.20. The van der Waals surface area contributed by atoms with Gasteiger partial charge in [0, 0.05) is 66.1 Å². The molecule has 8 rings (SSSR count). The number of likely N-dealkylation sites (tertiary alicyclic amines) is 2. The molecule has 6 amide bonds. The fourth-order valence-electron chi connectivity index (χ4n) is 11.8. The van der Waals surface area contributed by atoms with Crippen molar-refractivity contribution in [1.29, 1.82) is 0 Å². The largest absolute Gasteiger partial charge is 0.453 e. The monoisotopic (exact) mass is 1030 g/mol. The number of nitrogens with two attached hydrogens (primary N) is 4. The molecule has 0 spiro atoms. The molecule has 10 N–H and O–H groups in total. The molecule has 3 aromatic carbocycles. The average Bonchev–Trinajstić information content (AvgIpc) is 4.20. The van der Waals surface area contributed by atoms with Crippen LogP contribution < -0.4 is 43.4 Å². The van der Waals surface area contributed by atoms with E-state index in [4.69, 9.17) is 42.1 Å². The summed E-state index contributed by atoms with van der Waals surface area (Å²) in [5, 5.41) is 5.28. The number of ether oxygens (including phenoxy) is 3. The molecule has 0 radical (unpaired) electrons. The molecule has 5 heterocycles. The van der Waals surface area contributed by atoms with Crippen molar-refractivity contribution in [3.05, 3.63) is 101 Å². The van der Waals surface area contributed by atoms with E-state index in [1.807, 2.05) is 48.7 Å². The Morgan fingerprint density at radius 2 is 1.15 bits per heavy atom. The SMILES string of the molecule is COC(=O)N[C@H](C(=O)N1CCC[C@@]1(C(N)=O)c1ccc([C@H]2CC[C@H](c3ccc([C@]4(C(N)=O)CCCN4C(=O)[C@@H](NC(=O)OC)C(C)C)c(N)c3)N2c2cccc(-c3ccc(N4CCOCC4)nc3)c2)cc1N)C(C)C. The lowest BCUT2D eigenvalue weighted by atomic mass is 9.83. The molecule has 0 saturated carbocycles. The van der Waals surface area contributed by atoms with E-state index in [0.717, 1.165) is 46.8 Å². The highest BCUT2D eigenvalue weighted by molar-refractivity contribution is 5.97. The molecule has 4 saturated heterocycles. The second-order valence-corrected chi connectivity index (χ2v) is 20.6. The maximum absolute atomic E-state index is 14.3. The van der Waals surface area contributed by atoms with E-state index in [1.165, 1.54) is 24.0 Å². The van der Waals surface area contributed by atoms with E-state index in [-0.39, 0.29) is 61.2 Å². The number of methoxy groups -OCH3 is 2. The van der Waals surface area contributed by atoms with E-state index in [9.17, 15) is 28.8 Å². The molecule has 4 aliphatic heterocycles. The zero-order valence-electron chi connectivity index (χ0n) is 43.7. The molecule has 1 aromatic heterocycles. The third kappa shape index (κ3) is 10.1. The molecule has 20 nitrogen and oxygen atoms in total. The smallest absolute Gasteiger partial charge is 0.407 e. The Bertz CT molecular complexity index is 2670. The van der Waals surface area contributed by atoms with Crippen molar-refractivity contribution in [3.63, 3.8) is 0 Å². The molecular formula is C55H71N11O9. The molecule has 4 fully saturated rings. The number of nitrogen functional groups attached to an aromatic ring is 2. The van der Waals surface area contributed by atoms with E-state index in [2.05, 4.69) is 38.6 Å². The van der Waals surface area contributed by atoms with E-state index < -0.39 is 59.0 Å². The van der Waals surface area contributed by atoms with Crippen molar-refractivity contribution in [3.8, 4) is 11.1 Å². The number of hydrogen-bond donors (Lipinski definition) is 6. The van der Waals surface area contributed by atoms with Crippen LogP contribution in [-0.2, 0) is 44.5 Å². The van der Waals surface area contributed by atoms with Crippen LogP contribution in [0.2, 0.25) is 0 Å². The first-order chi connectivity index (χ1) is 35.9. The number of nitrogens with zero attached hydrogens (tertiary/aromatic N) is 5. The summed E-state index contributed by atoms with van der Waals surface area (Å²) in [7, 11) is 2.44. The minimum Gasteiger partial charge on any atom is -0.453 e. The molecule has 20 heteroatoms. The fourth-order valence-corrected chi connectivity index (χ4v) is 11.8. The number of alkyl carbamates (subject to hydrolysis) is 2. The van der Waals surface area contributed by atoms with Gasteiger partial charge < -0.3 is 67.4 Å². The van der Waals surface area contributed by atoms with Crippen LogP contribution in [0.15, 0.2) is 79.0 Å². The lowest BCUT2D eigenvalue weighted by Gasteiger charge is -2.40. The summed E-state index contributed by atoms with van der Waals surface area (Å²) in [5.74, 6) is -2.22. The van der Waals surface area contributed by atoms with Crippen molar-refractivity contribution in [2.24, 2.45) is 23.3 Å². The number of carbonyl (C=O) groups is 6. The van der Waals surface area contributed by atoms with Crippen LogP contribution in [0.25, 0.3) is 11.1 Å². The Kier molecular flexibility index (Phi) is 15.8. The van der Waals surface area contributed by atoms with Gasteiger partial charge in [-0.15, -0.1) is 0 Å². The van der Waals surface area contributed by atoms with Gasteiger partial charge in [0.15, 0.2) is 0 Å². The van der Waals surface area contributed by atoms with Crippen LogP contribution in [0.1, 0.15) is 101 Å². The normalized spacial score (nSPS) is 22.5. The third-order valence-electron chi connectivity index (χ3n) is 15.7. The number of benzene rings is 3. The Hall–Kier alpha value is -7.61. The number of primary amides is 2. The quantitative estimate of drug-likeness (QED) is 0.0836. The van der Waals surface area contributed by atoms with E-state index in [0.29, 0.717) is 50.0 Å². The van der Waals surface area contributed by atoms with Gasteiger partial charge in [-0.1, -0.05) is 64.1 Å². The van der Waals surface area contributed by atoms with Gasteiger partial charge in [0.2, 0.25) is 23.6 Å². The summed E-state index contributed by atoms with van der Waals surface area (Å²) < 4.78 is 15.2. The van der Waals surface area contributed by atoms with E-state index in [1.54, 1.807) is 39.8 Å². The van der Waals surface area contributed by atoms with Gasteiger partial charge in [0.25, 0.3) is 0 Å². The minimum atomic E-state index is -1.59. The topological polar surface area (TPSA) is 284 Å². The molecule has 0 bridgehead atoms. The standard InChI is InChI=1S/C55H71N11O9/c1-32(2)46(61-52(71)73-5)48(67)64-22-8-20-54(64,50(58)69)39-15-12-35(29-41(39)56)43-17-18-44(66(43)38-11-7-10-34(28-38)37-14-19-45(60-31-37)63-24-26-75-27-25-63)36-13-16-40(42(57)30-36)55(51(59)70)21-9-23-65(55)49(68)47(33(3)4)62-53(72)74-6/h7,10-16,19,28-33,43-44,46-47H,8-9,17-18,20-27,56-57H2,1-6H3,(H2,58,69)(H2,59,70)(H,61,71)(H,62,72)/t43-,44-,46+,47+,54+,55+/m1/s1. The summed E-state index contributed by atoms with van der Waals surface area (Å²) in [6.07, 6.45) is 3.05. The van der Waals surface area contributed by atoms with Gasteiger partial charge in [-0.05, 0) is 103 Å². The number of aromatic nitrogens is 1. The lowest BCUT2D eigenvalue weighted by molar-refractivity contribution is -0.146. The highest BCUT2D eigenvalue weighted by atomic mass is 16.5. The molecule has 4 aromatic rings. The van der Waals surface area contributed by atoms with Crippen LogP contribution in [0.3, 0.4) is 0 Å². The van der Waals surface area contributed by atoms with Crippen LogP contribution in [-0.4, -0.2) is 116 Å². The lowest BCUT2D eigenvalue weighted by Crippen LogP contribution is -2.59. The zero-order chi connectivity index (χ0) is 53.9. The number of nitrogens with one attached hydrogen (secondary N) is 2. The van der Waals surface area contributed by atoms with Crippen LogP contribution in [0, 0.1) is 11.8 Å². The van der Waals surface area contributed by atoms with Crippen molar-refractivity contribution >= 4 is 58.7 Å². The van der Waals surface area contributed by atoms with Crippen LogP contribution in [0.5, 0.6) is 0 Å². The number of anilines is 4. The molecule has 400 valence electrons. The first kappa shape index (κ1) is 53.7. The number of amides is 6. The van der Waals surface area contributed by atoms with Gasteiger partial charge in [-0.25, -0.2) is 14.6 Å². The Balaban J connectivity index is 1.18. The van der Waals surface area contributed by atoms with Crippen molar-refractivity contribution in [2.75, 3.05) is 74.9 Å². The average molecular weight is 1030 g/mol. The van der Waals surface area contributed by atoms with Gasteiger partial charge in [-0.2, -0.15) is 0 Å². The predicted molar refractivity (Wildman–Crippen MR) is 284 cm³/mol. The highest BCUT2D eigenvalue weighted by Crippen LogP contribution is 2.51. The van der Waals surface area contributed by atoms with Crippen LogP contribution in [0.4, 0.5) is 32.5 Å². The molecule has 0 aliphatic carbocycles. The number of carbonyl (C=O) groups excluding carboxylic acids is 6. The Morgan fingerprint density at radius 1 is 0.653 bits per heavy atom. The second-order valence-electron chi connectivity index (χ2n) is 20.6. The molecule has 4 aliphatic rings. The molecule has 6 atom stereocenters. The number of morpholine rings is 1. The molecular weight excluding hydrogens is 959 g/mol. The first-order valence-corrected chi connectivity index (χ1v) is 25.8. The summed E-state index contributed by atoms with van der Waals surface area (Å²) in [4.78, 5) is 93.3. The summed E-state index contributed by atoms with van der Waals surface area (Å²) in [6, 6.07) is 20.9.